The number of benzene rings is 2. The Bertz CT molecular complexity index is 1660. The number of hydrogen-bond acceptors (Lipinski definition) is 9. The van der Waals surface area contributed by atoms with Crippen LogP contribution in [-0.2, 0) is 35.5 Å². The zero-order valence-corrected chi connectivity index (χ0v) is 30.2. The van der Waals surface area contributed by atoms with Gasteiger partial charge >= 0.3 is 12.1 Å². The van der Waals surface area contributed by atoms with Gasteiger partial charge in [0.1, 0.15) is 6.04 Å². The number of aromatic nitrogens is 2. The van der Waals surface area contributed by atoms with Crippen molar-refractivity contribution in [2.24, 2.45) is 5.92 Å². The quantitative estimate of drug-likeness (QED) is 0.110. The molecule has 51 heavy (non-hydrogen) atoms. The summed E-state index contributed by atoms with van der Waals surface area (Å²) in [5.41, 5.74) is 2.70. The predicted molar refractivity (Wildman–Crippen MR) is 194 cm³/mol. The van der Waals surface area contributed by atoms with E-state index >= 15 is 0 Å². The molecule has 1 fully saturated rings. The monoisotopic (exact) mass is 716 g/mol. The topological polar surface area (TPSA) is 159 Å². The van der Waals surface area contributed by atoms with Gasteiger partial charge in [-0.2, -0.15) is 0 Å². The normalized spacial score (nSPS) is 15.2. The van der Waals surface area contributed by atoms with E-state index in [-0.39, 0.29) is 30.9 Å². The van der Waals surface area contributed by atoms with Gasteiger partial charge in [0.15, 0.2) is 12.4 Å². The summed E-state index contributed by atoms with van der Waals surface area (Å²) in [6, 6.07) is 18.3. The van der Waals surface area contributed by atoms with E-state index in [4.69, 9.17) is 14.2 Å². The maximum absolute atomic E-state index is 13.9. The molecule has 2 aromatic carbocycles. The van der Waals surface area contributed by atoms with Crippen LogP contribution >= 0.6 is 11.3 Å². The van der Waals surface area contributed by atoms with Crippen LogP contribution in [0.25, 0.3) is 0 Å². The minimum Gasteiger partial charge on any atom is -0.441 e. The van der Waals surface area contributed by atoms with Crippen LogP contribution in [0.3, 0.4) is 0 Å². The number of amides is 4. The number of rotatable bonds is 17. The zero-order chi connectivity index (χ0) is 36.2. The molecule has 0 bridgehead atoms. The molecule has 1 aliphatic carbocycles. The van der Waals surface area contributed by atoms with E-state index in [1.54, 1.807) is 24.5 Å². The molecule has 4 atom stereocenters. The molecule has 5 rings (SSSR count). The number of aliphatic hydroxyl groups is 1. The van der Waals surface area contributed by atoms with Gasteiger partial charge in [0.2, 0.25) is 5.91 Å². The lowest BCUT2D eigenvalue weighted by Crippen LogP contribution is -2.55. The molecule has 1 aliphatic rings. The zero-order valence-electron chi connectivity index (χ0n) is 29.4. The fraction of sp³-hybridized carbons (Fsp3) is 0.447. The van der Waals surface area contributed by atoms with Crippen LogP contribution < -0.4 is 16.0 Å². The van der Waals surface area contributed by atoms with Gasteiger partial charge in [-0.25, -0.2) is 14.6 Å². The number of thiazole rings is 1. The van der Waals surface area contributed by atoms with E-state index in [0.29, 0.717) is 31.1 Å². The largest absolute Gasteiger partial charge is 0.441 e. The standard InChI is InChI=1S/C38H48N6O6S/c1-25(2)34(43-37(47)44(3)22-30-24-51-36(41-30)28-15-10-16-28)35(46)40-29(19-26-11-6-4-7-12-26)21-33(45)32(20-27-13-8-5-9-14-27)42-38(48)49-23-31-17-18-39-50-31/h4-9,11-14,17-18,24-25,28-29,32-34,45H,10,15-16,19-23H2,1-3H3,(H,40,46)(H,42,48)(H,43,47)/t29-,32-,33-,34-/m0/s1. The number of hydrogen-bond donors (Lipinski definition) is 4. The van der Waals surface area contributed by atoms with E-state index in [9.17, 15) is 19.5 Å². The molecule has 1 saturated carbocycles. The molecule has 4 N–H and O–H groups in total. The fourth-order valence-electron chi connectivity index (χ4n) is 5.97. The SMILES string of the molecule is CC(C)[C@H](NC(=O)N(C)Cc1csc(C2CCC2)n1)C(=O)N[C@@H](Cc1ccccc1)C[C@H](O)[C@H](Cc1ccccc1)NC(=O)OCc1ccno1. The number of ether oxygens (including phenoxy) is 1. The maximum Gasteiger partial charge on any atom is 0.407 e. The van der Waals surface area contributed by atoms with Crippen molar-refractivity contribution in [3.63, 3.8) is 0 Å². The minimum atomic E-state index is -1.07. The lowest BCUT2D eigenvalue weighted by atomic mass is 9.86. The summed E-state index contributed by atoms with van der Waals surface area (Å²) in [5, 5.41) is 27.3. The molecule has 13 heteroatoms. The van der Waals surface area contributed by atoms with Gasteiger partial charge in [0.05, 0.1) is 35.6 Å². The third-order valence-electron chi connectivity index (χ3n) is 9.10. The van der Waals surface area contributed by atoms with Crippen LogP contribution in [0.1, 0.15) is 73.0 Å². The lowest BCUT2D eigenvalue weighted by Gasteiger charge is -2.30. The molecule has 0 saturated heterocycles. The smallest absolute Gasteiger partial charge is 0.407 e. The van der Waals surface area contributed by atoms with Crippen LogP contribution in [-0.4, -0.2) is 69.5 Å². The molecule has 4 aromatic rings. The minimum absolute atomic E-state index is 0.116. The van der Waals surface area contributed by atoms with Gasteiger partial charge < -0.3 is 35.2 Å². The van der Waals surface area contributed by atoms with Crippen LogP contribution in [0.4, 0.5) is 9.59 Å². The summed E-state index contributed by atoms with van der Waals surface area (Å²) >= 11 is 1.64. The molecule has 2 aromatic heterocycles. The van der Waals surface area contributed by atoms with Gasteiger partial charge in [-0.1, -0.05) is 86.1 Å². The van der Waals surface area contributed by atoms with E-state index in [1.165, 1.54) is 17.5 Å². The summed E-state index contributed by atoms with van der Waals surface area (Å²) in [4.78, 5) is 46.4. The fourth-order valence-corrected chi connectivity index (χ4v) is 6.95. The third kappa shape index (κ3) is 11.4. The first-order valence-electron chi connectivity index (χ1n) is 17.5. The first-order chi connectivity index (χ1) is 24.6. The summed E-state index contributed by atoms with van der Waals surface area (Å²) < 4.78 is 10.3. The number of aliphatic hydroxyl groups excluding tert-OH is 1. The highest BCUT2D eigenvalue weighted by Crippen LogP contribution is 2.37. The Morgan fingerprint density at radius 3 is 2.27 bits per heavy atom. The van der Waals surface area contributed by atoms with Gasteiger partial charge in [-0.15, -0.1) is 11.3 Å². The van der Waals surface area contributed by atoms with Crippen molar-refractivity contribution in [3.8, 4) is 0 Å². The highest BCUT2D eigenvalue weighted by molar-refractivity contribution is 7.09. The third-order valence-corrected chi connectivity index (χ3v) is 10.2. The lowest BCUT2D eigenvalue weighted by molar-refractivity contribution is -0.124. The molecular formula is C38H48N6O6S. The number of carbonyl (C=O) groups excluding carboxylic acids is 3. The van der Waals surface area contributed by atoms with Crippen LogP contribution in [0.2, 0.25) is 0 Å². The van der Waals surface area contributed by atoms with Crippen molar-refractivity contribution in [3.05, 3.63) is 106 Å². The van der Waals surface area contributed by atoms with E-state index in [2.05, 4.69) is 21.1 Å². The Balaban J connectivity index is 1.25. The molecule has 0 aliphatic heterocycles. The highest BCUT2D eigenvalue weighted by atomic mass is 32.1. The Morgan fingerprint density at radius 1 is 0.980 bits per heavy atom. The van der Waals surface area contributed by atoms with Crippen molar-refractivity contribution in [1.82, 2.24) is 31.0 Å². The first-order valence-corrected chi connectivity index (χ1v) is 18.4. The van der Waals surface area contributed by atoms with Crippen LogP contribution in [0.5, 0.6) is 0 Å². The van der Waals surface area contributed by atoms with Crippen molar-refractivity contribution in [2.75, 3.05) is 7.05 Å². The van der Waals surface area contributed by atoms with Crippen LogP contribution in [0.15, 0.2) is 82.8 Å². The summed E-state index contributed by atoms with van der Waals surface area (Å²) in [5.74, 6) is 0.332. The molecular weight excluding hydrogens is 669 g/mol. The number of carbonyl (C=O) groups is 3. The van der Waals surface area contributed by atoms with E-state index < -0.39 is 30.3 Å². The maximum atomic E-state index is 13.9. The van der Waals surface area contributed by atoms with Gasteiger partial charge in [-0.05, 0) is 49.1 Å². The van der Waals surface area contributed by atoms with Gasteiger partial charge in [0.25, 0.3) is 0 Å². The Labute approximate surface area is 303 Å². The molecule has 4 amide bonds. The molecule has 272 valence electrons. The molecule has 0 radical (unpaired) electrons. The number of nitrogens with one attached hydrogen (secondary N) is 3. The van der Waals surface area contributed by atoms with E-state index in [0.717, 1.165) is 34.7 Å². The Morgan fingerprint density at radius 2 is 1.67 bits per heavy atom. The second-order valence-electron chi connectivity index (χ2n) is 13.5. The highest BCUT2D eigenvalue weighted by Gasteiger charge is 2.31. The Hall–Kier alpha value is -4.75. The molecule has 2 heterocycles. The number of alkyl carbamates (subject to hydrolysis) is 1. The second-order valence-corrected chi connectivity index (χ2v) is 14.4. The van der Waals surface area contributed by atoms with Gasteiger partial charge in [0, 0.05) is 30.5 Å². The second kappa shape index (κ2) is 18.5. The first kappa shape index (κ1) is 37.5. The number of nitrogens with zero attached hydrogens (tertiary/aromatic N) is 3. The van der Waals surface area contributed by atoms with Crippen molar-refractivity contribution in [2.45, 2.75) is 95.7 Å². The average molecular weight is 717 g/mol. The molecule has 0 spiro atoms. The summed E-state index contributed by atoms with van der Waals surface area (Å²) in [7, 11) is 1.69. The van der Waals surface area contributed by atoms with Crippen molar-refractivity contribution < 1.29 is 28.8 Å². The van der Waals surface area contributed by atoms with Crippen LogP contribution in [0, 0.1) is 5.92 Å². The predicted octanol–water partition coefficient (Wildman–Crippen LogP) is 5.58. The molecule has 0 unspecified atom stereocenters. The van der Waals surface area contributed by atoms with Crippen molar-refractivity contribution >= 4 is 29.4 Å². The summed E-state index contributed by atoms with van der Waals surface area (Å²) in [6.45, 7) is 3.97. The summed E-state index contributed by atoms with van der Waals surface area (Å²) in [6.07, 6.45) is 4.09. The number of urea groups is 1. The van der Waals surface area contributed by atoms with Crippen molar-refractivity contribution in [1.29, 1.82) is 0 Å². The Kier molecular flexibility index (Phi) is 13.6. The average Bonchev–Trinajstić information content (AvgIpc) is 3.78. The van der Waals surface area contributed by atoms with Gasteiger partial charge in [-0.3, -0.25) is 4.79 Å². The molecule has 12 nitrogen and oxygen atoms in total. The van der Waals surface area contributed by atoms with E-state index in [1.807, 2.05) is 79.9 Å².